The fourth-order valence-corrected chi connectivity index (χ4v) is 12.7. The molecule has 0 saturated carbocycles. The molecule has 0 unspecified atom stereocenters. The van der Waals surface area contributed by atoms with Gasteiger partial charge in [-0.3, -0.25) is 0 Å². The standard InChI is InChI=1S/C11H27BSi2/c1-11(2,3)12-10(13(4,5)6)14(7,8)9/h1-9H3. The second-order valence-corrected chi connectivity index (χ2v) is 18.0. The predicted octanol–water partition coefficient (Wildman–Crippen LogP) is 3.84. The molecular formula is C11H27BSi2. The van der Waals surface area contributed by atoms with E-state index in [0.717, 1.165) is 0 Å². The molecule has 0 bridgehead atoms. The predicted molar refractivity (Wildman–Crippen MR) is 77.2 cm³/mol. The normalized spacial score (nSPS) is 13.8. The molecule has 82 valence electrons. The van der Waals surface area contributed by atoms with Crippen molar-refractivity contribution >= 4 is 27.8 Å². The van der Waals surface area contributed by atoms with Gasteiger partial charge in [0.15, 0.2) is 0 Å². The number of rotatable bonds is 2. The summed E-state index contributed by atoms with van der Waals surface area (Å²) in [5.74, 6) is 0. The summed E-state index contributed by atoms with van der Waals surface area (Å²) >= 11 is 0. The van der Waals surface area contributed by atoms with Gasteiger partial charge in [-0.05, 0) is 0 Å². The van der Waals surface area contributed by atoms with Crippen molar-refractivity contribution in [2.45, 2.75) is 65.4 Å². The van der Waals surface area contributed by atoms with Gasteiger partial charge in [-0.15, -0.1) is 0 Å². The minimum absolute atomic E-state index is 0.343. The van der Waals surface area contributed by atoms with Gasteiger partial charge in [0.25, 0.3) is 0 Å². The van der Waals surface area contributed by atoms with Crippen LogP contribution in [0.3, 0.4) is 0 Å². The molecule has 0 nitrogen and oxygen atoms in total. The summed E-state index contributed by atoms with van der Waals surface area (Å²) in [5, 5.41) is 0.343. The summed E-state index contributed by atoms with van der Waals surface area (Å²) in [6, 6.07) is 0. The molecule has 0 saturated heterocycles. The Balaban J connectivity index is 5.26. The Hall–Kier alpha value is 0.369. The Morgan fingerprint density at radius 1 is 0.786 bits per heavy atom. The zero-order chi connectivity index (χ0) is 11.8. The van der Waals surface area contributed by atoms with Crippen molar-refractivity contribution in [3.63, 3.8) is 0 Å². The number of hydrogen-bond donors (Lipinski definition) is 0. The van der Waals surface area contributed by atoms with Gasteiger partial charge in [-0.2, -0.15) is 0 Å². The topological polar surface area (TPSA) is 0 Å². The van der Waals surface area contributed by atoms with Gasteiger partial charge < -0.3 is 0 Å². The SMILES string of the molecule is CC(C)(C)B=C([Si](C)(C)C)[Si](C)(C)C. The fourth-order valence-electron chi connectivity index (χ4n) is 1.99. The second-order valence-electron chi connectivity index (χ2n) is 7.42. The maximum atomic E-state index is 2.56. The molecule has 0 amide bonds. The monoisotopic (exact) mass is 226 g/mol. The average molecular weight is 226 g/mol. The van der Waals surface area contributed by atoms with Crippen LogP contribution in [0.25, 0.3) is 0 Å². The van der Waals surface area contributed by atoms with Crippen molar-refractivity contribution in [2.24, 2.45) is 0 Å². The molecule has 0 aliphatic carbocycles. The van der Waals surface area contributed by atoms with E-state index >= 15 is 0 Å². The van der Waals surface area contributed by atoms with Gasteiger partial charge in [0.1, 0.15) is 0 Å². The van der Waals surface area contributed by atoms with Crippen LogP contribution in [0.5, 0.6) is 0 Å². The summed E-state index contributed by atoms with van der Waals surface area (Å²) in [7, 11) is -2.22. The van der Waals surface area contributed by atoms with Gasteiger partial charge >= 0.3 is 93.1 Å². The van der Waals surface area contributed by atoms with E-state index in [1.807, 2.05) is 4.71 Å². The van der Waals surface area contributed by atoms with Crippen LogP contribution in [0.2, 0.25) is 44.6 Å². The Morgan fingerprint density at radius 3 is 1.14 bits per heavy atom. The Labute approximate surface area is 93.4 Å². The molecule has 0 heterocycles. The molecular weight excluding hydrogens is 199 g/mol. The molecule has 0 radical (unpaired) electrons. The third kappa shape index (κ3) is 5.30. The number of hydrogen-bond acceptors (Lipinski definition) is 0. The molecule has 0 aromatic heterocycles. The van der Waals surface area contributed by atoms with Gasteiger partial charge in [0, 0.05) is 0 Å². The first kappa shape index (κ1) is 14.4. The van der Waals surface area contributed by atoms with Crippen LogP contribution in [0.4, 0.5) is 0 Å². The first-order valence-electron chi connectivity index (χ1n) is 5.58. The van der Waals surface area contributed by atoms with Crippen molar-refractivity contribution < 1.29 is 0 Å². The summed E-state index contributed by atoms with van der Waals surface area (Å²) in [4.78, 5) is 0. The third-order valence-electron chi connectivity index (χ3n) is 2.19. The van der Waals surface area contributed by atoms with E-state index in [0.29, 0.717) is 5.31 Å². The van der Waals surface area contributed by atoms with Crippen LogP contribution in [0, 0.1) is 0 Å². The molecule has 3 heteroatoms. The molecule has 0 rings (SSSR count). The fraction of sp³-hybridized carbons (Fsp3) is 0.909. The summed E-state index contributed by atoms with van der Waals surface area (Å²) in [5.41, 5.74) is 0. The molecule has 0 fully saturated rings. The average Bonchev–Trinajstić information content (AvgIpc) is 1.75. The van der Waals surface area contributed by atoms with Crippen molar-refractivity contribution in [1.82, 2.24) is 0 Å². The van der Waals surface area contributed by atoms with Gasteiger partial charge in [-0.1, -0.05) is 0 Å². The third-order valence-corrected chi connectivity index (χ3v) is 10.2. The Morgan fingerprint density at radius 2 is 1.07 bits per heavy atom. The second kappa shape index (κ2) is 4.09. The first-order valence-corrected chi connectivity index (χ1v) is 12.6. The van der Waals surface area contributed by atoms with Crippen LogP contribution in [0.15, 0.2) is 0 Å². The van der Waals surface area contributed by atoms with Crippen LogP contribution in [0.1, 0.15) is 20.8 Å². The maximum absolute atomic E-state index is 2.56. The molecule has 0 aliphatic heterocycles. The van der Waals surface area contributed by atoms with E-state index in [-0.39, 0.29) is 0 Å². The summed E-state index contributed by atoms with van der Waals surface area (Å²) in [6.45, 7) is 24.3. The Kier molecular flexibility index (Phi) is 4.20. The first-order chi connectivity index (χ1) is 5.84. The minimum atomic E-state index is -1.11. The van der Waals surface area contributed by atoms with E-state index < -0.39 is 16.1 Å². The molecule has 0 atom stereocenters. The van der Waals surface area contributed by atoms with E-state index in [1.54, 1.807) is 0 Å². The molecule has 0 aromatic rings. The van der Waals surface area contributed by atoms with Crippen LogP contribution in [-0.4, -0.2) is 27.8 Å². The van der Waals surface area contributed by atoms with E-state index in [1.165, 1.54) is 0 Å². The Bertz CT molecular complexity index is 207. The van der Waals surface area contributed by atoms with Crippen molar-refractivity contribution in [1.29, 1.82) is 0 Å². The van der Waals surface area contributed by atoms with Crippen molar-refractivity contribution in [3.05, 3.63) is 0 Å². The van der Waals surface area contributed by atoms with E-state index in [9.17, 15) is 0 Å². The summed E-state index contributed by atoms with van der Waals surface area (Å²) in [6.07, 6.45) is 0. The molecule has 0 aromatic carbocycles. The summed E-state index contributed by atoms with van der Waals surface area (Å²) < 4.78 is 1.83. The van der Waals surface area contributed by atoms with Crippen molar-refractivity contribution in [2.75, 3.05) is 0 Å². The van der Waals surface area contributed by atoms with Crippen LogP contribution < -0.4 is 0 Å². The molecule has 0 spiro atoms. The van der Waals surface area contributed by atoms with Gasteiger partial charge in [0.2, 0.25) is 0 Å². The van der Waals surface area contributed by atoms with Gasteiger partial charge in [0.05, 0.1) is 0 Å². The van der Waals surface area contributed by atoms with Crippen LogP contribution in [-0.2, 0) is 0 Å². The van der Waals surface area contributed by atoms with Gasteiger partial charge in [-0.25, -0.2) is 0 Å². The molecule has 0 N–H and O–H groups in total. The zero-order valence-electron chi connectivity index (χ0n) is 11.6. The quantitative estimate of drug-likeness (QED) is 0.628. The molecule has 0 aliphatic rings. The zero-order valence-corrected chi connectivity index (χ0v) is 13.6. The molecule has 14 heavy (non-hydrogen) atoms. The van der Waals surface area contributed by atoms with E-state index in [2.05, 4.69) is 67.0 Å². The van der Waals surface area contributed by atoms with Crippen LogP contribution >= 0.6 is 0 Å². The van der Waals surface area contributed by atoms with E-state index in [4.69, 9.17) is 0 Å². The van der Waals surface area contributed by atoms with Crippen molar-refractivity contribution in [3.8, 4) is 0 Å².